The lowest BCUT2D eigenvalue weighted by Crippen LogP contribution is -2.37. The summed E-state index contributed by atoms with van der Waals surface area (Å²) in [7, 11) is 1.92. The summed E-state index contributed by atoms with van der Waals surface area (Å²) in [6.45, 7) is 2.87. The van der Waals surface area contributed by atoms with Crippen LogP contribution in [0.5, 0.6) is 0 Å². The van der Waals surface area contributed by atoms with Crippen molar-refractivity contribution in [1.29, 1.82) is 0 Å². The number of aromatic nitrogens is 1. The second-order valence-electron chi connectivity index (χ2n) is 4.26. The van der Waals surface area contributed by atoms with Crippen LogP contribution in [0.1, 0.15) is 23.8 Å². The van der Waals surface area contributed by atoms with Gasteiger partial charge in [0.05, 0.1) is 0 Å². The molecule has 1 saturated heterocycles. The van der Waals surface area contributed by atoms with E-state index in [0.717, 1.165) is 28.9 Å². The number of rotatable bonds is 3. The largest absolute Gasteiger partial charge is 0.343 e. The molecule has 3 nitrogen and oxygen atoms in total. The molecule has 1 aromatic heterocycles. The van der Waals surface area contributed by atoms with Gasteiger partial charge in [0.15, 0.2) is 0 Å². The number of hydrogen-bond donors (Lipinski definition) is 0. The average molecular weight is 317 g/mol. The molecule has 0 aromatic carbocycles. The van der Waals surface area contributed by atoms with Crippen LogP contribution in [0.2, 0.25) is 0 Å². The van der Waals surface area contributed by atoms with Gasteiger partial charge < -0.3 is 9.47 Å². The summed E-state index contributed by atoms with van der Waals surface area (Å²) in [6, 6.07) is 2.30. The van der Waals surface area contributed by atoms with E-state index in [9.17, 15) is 4.79 Å². The van der Waals surface area contributed by atoms with Crippen LogP contribution < -0.4 is 0 Å². The van der Waals surface area contributed by atoms with Crippen molar-refractivity contribution in [2.75, 3.05) is 18.6 Å². The molecule has 1 aliphatic heterocycles. The van der Waals surface area contributed by atoms with Crippen molar-refractivity contribution >= 4 is 33.6 Å². The number of carbonyl (C=O) groups is 1. The number of carbonyl (C=O) groups excluding carboxylic acids is 1. The summed E-state index contributed by atoms with van der Waals surface area (Å²) in [5.74, 6) is 2.36. The molecule has 1 aromatic rings. The van der Waals surface area contributed by atoms with E-state index in [1.807, 2.05) is 40.5 Å². The van der Waals surface area contributed by atoms with E-state index in [1.54, 1.807) is 0 Å². The fourth-order valence-electron chi connectivity index (χ4n) is 2.09. The maximum absolute atomic E-state index is 12.4. The lowest BCUT2D eigenvalue weighted by atomic mass is 10.2. The molecule has 0 spiro atoms. The van der Waals surface area contributed by atoms with E-state index in [-0.39, 0.29) is 5.91 Å². The maximum Gasteiger partial charge on any atom is 0.270 e. The van der Waals surface area contributed by atoms with Gasteiger partial charge in [-0.25, -0.2) is 0 Å². The van der Waals surface area contributed by atoms with Crippen molar-refractivity contribution in [3.05, 3.63) is 22.4 Å². The molecular weight excluding hydrogens is 300 g/mol. The molecule has 1 amide bonds. The molecule has 0 saturated carbocycles. The predicted octanol–water partition coefficient (Wildman–Crippen LogP) is 2.85. The lowest BCUT2D eigenvalue weighted by Gasteiger charge is -2.24. The highest BCUT2D eigenvalue weighted by Crippen LogP contribution is 2.24. The van der Waals surface area contributed by atoms with Crippen LogP contribution in [0, 0.1) is 0 Å². The highest BCUT2D eigenvalue weighted by atomic mass is 79.9. The van der Waals surface area contributed by atoms with Gasteiger partial charge in [-0.15, -0.1) is 0 Å². The Labute approximate surface area is 115 Å². The zero-order chi connectivity index (χ0) is 12.4. The first-order chi connectivity index (χ1) is 8.13. The number of thioether (sulfide) groups is 1. The van der Waals surface area contributed by atoms with Gasteiger partial charge in [0.2, 0.25) is 0 Å². The van der Waals surface area contributed by atoms with Crippen LogP contribution in [0.3, 0.4) is 0 Å². The normalized spacial score (nSPS) is 19.6. The molecule has 5 heteroatoms. The Hall–Kier alpha value is -0.420. The van der Waals surface area contributed by atoms with Gasteiger partial charge in [0.1, 0.15) is 5.69 Å². The summed E-state index contributed by atoms with van der Waals surface area (Å²) >= 11 is 5.36. The van der Waals surface area contributed by atoms with Crippen LogP contribution in [-0.2, 0) is 6.54 Å². The van der Waals surface area contributed by atoms with Crippen LogP contribution in [-0.4, -0.2) is 40.0 Å². The van der Waals surface area contributed by atoms with Gasteiger partial charge in [-0.3, -0.25) is 4.79 Å². The van der Waals surface area contributed by atoms with E-state index in [4.69, 9.17) is 0 Å². The van der Waals surface area contributed by atoms with Crippen LogP contribution in [0.15, 0.2) is 16.7 Å². The first-order valence-electron chi connectivity index (χ1n) is 5.84. The minimum atomic E-state index is 0.130. The number of amides is 1. The highest BCUT2D eigenvalue weighted by molar-refractivity contribution is 9.10. The fourth-order valence-corrected chi connectivity index (χ4v) is 3.82. The minimum absolute atomic E-state index is 0.130. The standard InChI is InChI=1S/C12H17BrN2OS/c1-3-15-7-9(13)6-11(15)12(16)14(2)10-4-5-17-8-10/h6-7,10H,3-5,8H2,1-2H3. The summed E-state index contributed by atoms with van der Waals surface area (Å²) in [6.07, 6.45) is 3.07. The van der Waals surface area contributed by atoms with Crippen molar-refractivity contribution in [2.45, 2.75) is 25.9 Å². The smallest absolute Gasteiger partial charge is 0.270 e. The number of hydrogen-bond acceptors (Lipinski definition) is 2. The van der Waals surface area contributed by atoms with E-state index in [1.165, 1.54) is 5.75 Å². The lowest BCUT2D eigenvalue weighted by molar-refractivity contribution is 0.0737. The Morgan fingerprint density at radius 1 is 1.71 bits per heavy atom. The van der Waals surface area contributed by atoms with Crippen molar-refractivity contribution in [1.82, 2.24) is 9.47 Å². The fraction of sp³-hybridized carbons (Fsp3) is 0.583. The van der Waals surface area contributed by atoms with E-state index < -0.39 is 0 Å². The molecule has 1 aliphatic rings. The Balaban J connectivity index is 2.17. The van der Waals surface area contributed by atoms with E-state index in [0.29, 0.717) is 6.04 Å². The third-order valence-electron chi connectivity index (χ3n) is 3.20. The average Bonchev–Trinajstić information content (AvgIpc) is 2.95. The molecule has 2 heterocycles. The van der Waals surface area contributed by atoms with Gasteiger partial charge in [-0.1, -0.05) is 0 Å². The highest BCUT2D eigenvalue weighted by Gasteiger charge is 2.26. The van der Waals surface area contributed by atoms with Crippen molar-refractivity contribution in [2.24, 2.45) is 0 Å². The third kappa shape index (κ3) is 2.71. The Bertz CT molecular complexity index is 413. The van der Waals surface area contributed by atoms with Crippen LogP contribution >= 0.6 is 27.7 Å². The molecule has 17 heavy (non-hydrogen) atoms. The molecule has 0 N–H and O–H groups in total. The molecule has 0 bridgehead atoms. The molecular formula is C12H17BrN2OS. The first kappa shape index (κ1) is 13.0. The molecule has 1 atom stereocenters. The molecule has 2 rings (SSSR count). The van der Waals surface area contributed by atoms with Crippen molar-refractivity contribution in [3.8, 4) is 0 Å². The molecule has 0 radical (unpaired) electrons. The number of aryl methyl sites for hydroxylation is 1. The van der Waals surface area contributed by atoms with E-state index in [2.05, 4.69) is 22.9 Å². The van der Waals surface area contributed by atoms with Gasteiger partial charge in [0, 0.05) is 36.1 Å². The van der Waals surface area contributed by atoms with Crippen molar-refractivity contribution < 1.29 is 4.79 Å². The summed E-state index contributed by atoms with van der Waals surface area (Å²) < 4.78 is 2.96. The quantitative estimate of drug-likeness (QED) is 0.856. The number of halogens is 1. The van der Waals surface area contributed by atoms with Crippen molar-refractivity contribution in [3.63, 3.8) is 0 Å². The van der Waals surface area contributed by atoms with Crippen LogP contribution in [0.25, 0.3) is 0 Å². The Morgan fingerprint density at radius 3 is 3.06 bits per heavy atom. The molecule has 0 aliphatic carbocycles. The zero-order valence-corrected chi connectivity index (χ0v) is 12.6. The molecule has 94 valence electrons. The third-order valence-corrected chi connectivity index (χ3v) is 4.78. The Morgan fingerprint density at radius 2 is 2.47 bits per heavy atom. The Kier molecular flexibility index (Phi) is 4.20. The SMILES string of the molecule is CCn1cc(Br)cc1C(=O)N(C)C1CCSC1. The minimum Gasteiger partial charge on any atom is -0.343 e. The van der Waals surface area contributed by atoms with E-state index >= 15 is 0 Å². The maximum atomic E-state index is 12.4. The monoisotopic (exact) mass is 316 g/mol. The first-order valence-corrected chi connectivity index (χ1v) is 7.78. The second kappa shape index (κ2) is 5.48. The summed E-state index contributed by atoms with van der Waals surface area (Å²) in [5.41, 5.74) is 0.777. The van der Waals surface area contributed by atoms with Gasteiger partial charge >= 0.3 is 0 Å². The second-order valence-corrected chi connectivity index (χ2v) is 6.33. The summed E-state index contributed by atoms with van der Waals surface area (Å²) in [5, 5.41) is 0. The topological polar surface area (TPSA) is 25.2 Å². The van der Waals surface area contributed by atoms with Crippen LogP contribution in [0.4, 0.5) is 0 Å². The van der Waals surface area contributed by atoms with Gasteiger partial charge in [-0.05, 0) is 41.1 Å². The molecule has 1 unspecified atom stereocenters. The van der Waals surface area contributed by atoms with Gasteiger partial charge in [-0.2, -0.15) is 11.8 Å². The predicted molar refractivity (Wildman–Crippen MR) is 75.6 cm³/mol. The zero-order valence-electron chi connectivity index (χ0n) is 10.1. The molecule has 1 fully saturated rings. The van der Waals surface area contributed by atoms with Gasteiger partial charge in [0.25, 0.3) is 5.91 Å². The number of nitrogens with zero attached hydrogens (tertiary/aromatic N) is 2. The summed E-state index contributed by atoms with van der Waals surface area (Å²) in [4.78, 5) is 14.3.